The van der Waals surface area contributed by atoms with Crippen LogP contribution in [0.4, 0.5) is 10.1 Å². The maximum Gasteiger partial charge on any atom is 0.256 e. The number of nitrogens with one attached hydrogen (secondary N) is 1. The first-order chi connectivity index (χ1) is 8.99. The third-order valence-electron chi connectivity index (χ3n) is 2.63. The van der Waals surface area contributed by atoms with Crippen molar-refractivity contribution in [3.8, 4) is 0 Å². The lowest BCUT2D eigenvalue weighted by molar-refractivity contribution is 0.102. The van der Waals surface area contributed by atoms with E-state index >= 15 is 0 Å². The molecule has 0 atom stereocenters. The highest BCUT2D eigenvalue weighted by Gasteiger charge is 2.14. The van der Waals surface area contributed by atoms with E-state index in [1.807, 2.05) is 6.07 Å². The Balaban J connectivity index is 2.34. The van der Waals surface area contributed by atoms with Crippen molar-refractivity contribution in [1.29, 1.82) is 0 Å². The Labute approximate surface area is 132 Å². The van der Waals surface area contributed by atoms with E-state index in [0.29, 0.717) is 15.6 Å². The molecule has 2 nitrogen and oxygen atoms in total. The van der Waals surface area contributed by atoms with Gasteiger partial charge < -0.3 is 5.32 Å². The molecule has 0 heterocycles. The quantitative estimate of drug-likeness (QED) is 0.680. The van der Waals surface area contributed by atoms with Crippen LogP contribution < -0.4 is 5.32 Å². The third-order valence-corrected chi connectivity index (χ3v) is 4.00. The summed E-state index contributed by atoms with van der Waals surface area (Å²) in [6.45, 7) is 1.75. The molecular formula is C14H10BrFINO. The van der Waals surface area contributed by atoms with Crippen LogP contribution in [0, 0.1) is 16.3 Å². The fourth-order valence-electron chi connectivity index (χ4n) is 1.64. The number of carbonyl (C=O) groups excluding carboxylic acids is 1. The standard InChI is InChI=1S/C14H10BrFINO/c1-8-3-2-4-12(16)13(8)18-14(19)10-7-9(17)5-6-11(10)15/h2-7H,1H3,(H,18,19). The molecule has 1 N–H and O–H groups in total. The third kappa shape index (κ3) is 3.33. The summed E-state index contributed by atoms with van der Waals surface area (Å²) in [7, 11) is 0. The summed E-state index contributed by atoms with van der Waals surface area (Å²) in [5.41, 5.74) is 1.39. The molecule has 2 aromatic carbocycles. The number of rotatable bonds is 2. The number of hydrogen-bond acceptors (Lipinski definition) is 1. The zero-order valence-electron chi connectivity index (χ0n) is 10.0. The smallest absolute Gasteiger partial charge is 0.256 e. The van der Waals surface area contributed by atoms with E-state index in [1.54, 1.807) is 31.2 Å². The topological polar surface area (TPSA) is 29.1 Å². The van der Waals surface area contributed by atoms with Crippen LogP contribution in [0.1, 0.15) is 15.9 Å². The van der Waals surface area contributed by atoms with E-state index in [0.717, 1.165) is 3.57 Å². The highest BCUT2D eigenvalue weighted by Crippen LogP contribution is 2.23. The summed E-state index contributed by atoms with van der Waals surface area (Å²) < 4.78 is 15.3. The van der Waals surface area contributed by atoms with Gasteiger partial charge >= 0.3 is 0 Å². The van der Waals surface area contributed by atoms with Crippen LogP contribution in [0.3, 0.4) is 0 Å². The van der Waals surface area contributed by atoms with Gasteiger partial charge in [-0.3, -0.25) is 4.79 Å². The van der Waals surface area contributed by atoms with Crippen molar-refractivity contribution in [3.05, 3.63) is 61.4 Å². The lowest BCUT2D eigenvalue weighted by Crippen LogP contribution is -2.14. The predicted octanol–water partition coefficient (Wildman–Crippen LogP) is 4.75. The van der Waals surface area contributed by atoms with E-state index in [4.69, 9.17) is 0 Å². The Bertz CT molecular complexity index is 625. The summed E-state index contributed by atoms with van der Waals surface area (Å²) in [5, 5.41) is 2.62. The van der Waals surface area contributed by atoms with Crippen molar-refractivity contribution in [1.82, 2.24) is 0 Å². The minimum absolute atomic E-state index is 0.221. The Morgan fingerprint density at radius 3 is 2.74 bits per heavy atom. The molecule has 0 aliphatic carbocycles. The van der Waals surface area contributed by atoms with Crippen LogP contribution in [-0.4, -0.2) is 5.91 Å². The Morgan fingerprint density at radius 1 is 1.32 bits per heavy atom. The molecule has 2 aromatic rings. The molecular weight excluding hydrogens is 424 g/mol. The van der Waals surface area contributed by atoms with E-state index in [-0.39, 0.29) is 11.6 Å². The summed E-state index contributed by atoms with van der Waals surface area (Å²) in [6.07, 6.45) is 0. The fraction of sp³-hybridized carbons (Fsp3) is 0.0714. The van der Waals surface area contributed by atoms with Gasteiger partial charge in [-0.1, -0.05) is 12.1 Å². The van der Waals surface area contributed by atoms with Gasteiger partial charge in [-0.25, -0.2) is 4.39 Å². The lowest BCUT2D eigenvalue weighted by Gasteiger charge is -2.10. The summed E-state index contributed by atoms with van der Waals surface area (Å²) in [4.78, 5) is 12.2. The molecule has 19 heavy (non-hydrogen) atoms. The average molecular weight is 434 g/mol. The Kier molecular flexibility index (Phi) is 4.57. The number of hydrogen-bond donors (Lipinski definition) is 1. The minimum atomic E-state index is -0.435. The van der Waals surface area contributed by atoms with Crippen molar-refractivity contribution < 1.29 is 9.18 Å². The molecule has 0 spiro atoms. The van der Waals surface area contributed by atoms with Crippen molar-refractivity contribution in [2.75, 3.05) is 5.32 Å². The van der Waals surface area contributed by atoms with Gasteiger partial charge in [-0.05, 0) is 75.3 Å². The molecule has 0 aliphatic heterocycles. The average Bonchev–Trinajstić information content (AvgIpc) is 2.37. The van der Waals surface area contributed by atoms with Crippen LogP contribution in [0.5, 0.6) is 0 Å². The number of halogens is 3. The van der Waals surface area contributed by atoms with Crippen molar-refractivity contribution in [2.24, 2.45) is 0 Å². The van der Waals surface area contributed by atoms with E-state index in [1.165, 1.54) is 6.07 Å². The number of amides is 1. The zero-order chi connectivity index (χ0) is 14.0. The second-order valence-electron chi connectivity index (χ2n) is 4.01. The Morgan fingerprint density at radius 2 is 2.05 bits per heavy atom. The molecule has 0 fully saturated rings. The molecule has 0 saturated carbocycles. The normalized spacial score (nSPS) is 10.3. The van der Waals surface area contributed by atoms with Crippen molar-refractivity contribution in [3.63, 3.8) is 0 Å². The van der Waals surface area contributed by atoms with Crippen LogP contribution in [0.2, 0.25) is 0 Å². The molecule has 1 amide bonds. The second-order valence-corrected chi connectivity index (χ2v) is 6.11. The maximum atomic E-state index is 13.7. The van der Waals surface area contributed by atoms with Gasteiger partial charge in [0.25, 0.3) is 5.91 Å². The van der Waals surface area contributed by atoms with Crippen LogP contribution in [0.15, 0.2) is 40.9 Å². The molecule has 0 aliphatic rings. The first-order valence-corrected chi connectivity index (χ1v) is 7.37. The van der Waals surface area contributed by atoms with Crippen molar-refractivity contribution in [2.45, 2.75) is 6.92 Å². The molecule has 2 rings (SSSR count). The fourth-order valence-corrected chi connectivity index (χ4v) is 2.56. The van der Waals surface area contributed by atoms with E-state index < -0.39 is 5.82 Å². The number of aryl methyl sites for hydroxylation is 1. The van der Waals surface area contributed by atoms with Crippen molar-refractivity contribution >= 4 is 50.1 Å². The molecule has 0 unspecified atom stereocenters. The number of carbonyl (C=O) groups is 1. The van der Waals surface area contributed by atoms with Gasteiger partial charge in [0.1, 0.15) is 5.82 Å². The second kappa shape index (κ2) is 6.00. The molecule has 0 aromatic heterocycles. The summed E-state index contributed by atoms with van der Waals surface area (Å²) in [6, 6.07) is 10.1. The highest BCUT2D eigenvalue weighted by molar-refractivity contribution is 14.1. The maximum absolute atomic E-state index is 13.7. The molecule has 5 heteroatoms. The van der Waals surface area contributed by atoms with Crippen LogP contribution in [-0.2, 0) is 0 Å². The monoisotopic (exact) mass is 433 g/mol. The first-order valence-electron chi connectivity index (χ1n) is 5.50. The molecule has 0 bridgehead atoms. The van der Waals surface area contributed by atoms with E-state index in [9.17, 15) is 9.18 Å². The van der Waals surface area contributed by atoms with Gasteiger partial charge in [0.2, 0.25) is 0 Å². The van der Waals surface area contributed by atoms with Crippen LogP contribution >= 0.6 is 38.5 Å². The van der Waals surface area contributed by atoms with Gasteiger partial charge in [-0.2, -0.15) is 0 Å². The molecule has 0 saturated heterocycles. The van der Waals surface area contributed by atoms with Crippen LogP contribution in [0.25, 0.3) is 0 Å². The Hall–Kier alpha value is -0.950. The SMILES string of the molecule is Cc1cccc(F)c1NC(=O)c1cc(I)ccc1Br. The number of para-hydroxylation sites is 1. The summed E-state index contributed by atoms with van der Waals surface area (Å²) >= 11 is 5.45. The van der Waals surface area contributed by atoms with Gasteiger partial charge in [0.05, 0.1) is 11.3 Å². The van der Waals surface area contributed by atoms with Gasteiger partial charge in [-0.15, -0.1) is 0 Å². The summed E-state index contributed by atoms with van der Waals surface area (Å²) in [5.74, 6) is -0.770. The first kappa shape index (κ1) is 14.5. The molecule has 0 radical (unpaired) electrons. The zero-order valence-corrected chi connectivity index (χ0v) is 13.7. The largest absolute Gasteiger partial charge is 0.319 e. The lowest BCUT2D eigenvalue weighted by atomic mass is 10.1. The number of anilines is 1. The van der Waals surface area contributed by atoms with E-state index in [2.05, 4.69) is 43.8 Å². The molecule has 98 valence electrons. The highest BCUT2D eigenvalue weighted by atomic mass is 127. The minimum Gasteiger partial charge on any atom is -0.319 e. The predicted molar refractivity (Wildman–Crippen MR) is 85.9 cm³/mol. The number of benzene rings is 2. The van der Waals surface area contributed by atoms with Gasteiger partial charge in [0.15, 0.2) is 0 Å². The van der Waals surface area contributed by atoms with Gasteiger partial charge in [0, 0.05) is 8.04 Å².